The molecule has 1 amide bonds. The number of alkyl carbamates (subject to hydrolysis) is 1. The molecule has 3 rings (SSSR count). The minimum atomic E-state index is -0.330. The molecule has 2 aromatic carbocycles. The normalized spacial score (nSPS) is 17.8. The molecule has 0 aliphatic carbocycles. The van der Waals surface area contributed by atoms with Crippen LogP contribution in [-0.4, -0.2) is 57.0 Å². The number of carbonyl (C=O) groups excluding carboxylic acids is 1. The average molecular weight is 427 g/mol. The maximum Gasteiger partial charge on any atom is 0.407 e. The highest BCUT2D eigenvalue weighted by molar-refractivity contribution is 5.86. The smallest absolute Gasteiger partial charge is 0.407 e. The Bertz CT molecular complexity index is 829. The minimum absolute atomic E-state index is 0.158. The zero-order chi connectivity index (χ0) is 22.1. The van der Waals surface area contributed by atoms with Gasteiger partial charge in [-0.3, -0.25) is 4.90 Å². The molecule has 0 aromatic heterocycles. The van der Waals surface area contributed by atoms with E-state index in [2.05, 4.69) is 66.5 Å². The van der Waals surface area contributed by atoms with Gasteiger partial charge in [0.25, 0.3) is 0 Å². The van der Waals surface area contributed by atoms with E-state index in [1.807, 2.05) is 6.92 Å². The first-order valence-corrected chi connectivity index (χ1v) is 11.8. The number of fused-ring (bicyclic) bond motifs is 1. The number of carbonyl (C=O) groups is 1. The lowest BCUT2D eigenvalue weighted by atomic mass is 9.65. The number of nitrogens with zero attached hydrogens (tertiary/aromatic N) is 1. The summed E-state index contributed by atoms with van der Waals surface area (Å²) < 4.78 is 10.7. The van der Waals surface area contributed by atoms with Gasteiger partial charge in [-0.15, -0.1) is 0 Å². The molecule has 31 heavy (non-hydrogen) atoms. The number of benzene rings is 2. The molecular weight excluding hydrogens is 388 g/mol. The average Bonchev–Trinajstić information content (AvgIpc) is 2.81. The highest BCUT2D eigenvalue weighted by Crippen LogP contribution is 2.41. The minimum Gasteiger partial charge on any atom is -0.450 e. The fourth-order valence-electron chi connectivity index (χ4n) is 4.91. The van der Waals surface area contributed by atoms with Crippen molar-refractivity contribution < 1.29 is 14.3 Å². The molecule has 0 radical (unpaired) electrons. The SMILES string of the molecule is CCOC(=O)NCC(CCCN1CCOCC1)(c1cccc2ccccc12)C(C)CC. The van der Waals surface area contributed by atoms with Crippen LogP contribution in [0.5, 0.6) is 0 Å². The van der Waals surface area contributed by atoms with Gasteiger partial charge in [0.1, 0.15) is 0 Å². The van der Waals surface area contributed by atoms with Crippen LogP contribution in [-0.2, 0) is 14.9 Å². The lowest BCUT2D eigenvalue weighted by Gasteiger charge is -2.41. The summed E-state index contributed by atoms with van der Waals surface area (Å²) in [6.45, 7) is 12.1. The number of hydrogen-bond acceptors (Lipinski definition) is 4. The van der Waals surface area contributed by atoms with E-state index >= 15 is 0 Å². The Kier molecular flexibility index (Phi) is 8.73. The zero-order valence-corrected chi connectivity index (χ0v) is 19.4. The highest BCUT2D eigenvalue weighted by atomic mass is 16.5. The Labute approximate surface area is 187 Å². The summed E-state index contributed by atoms with van der Waals surface area (Å²) in [7, 11) is 0. The molecule has 1 saturated heterocycles. The number of ether oxygens (including phenoxy) is 2. The molecule has 1 fully saturated rings. The van der Waals surface area contributed by atoms with Gasteiger partial charge in [0.15, 0.2) is 0 Å². The van der Waals surface area contributed by atoms with Crippen molar-refractivity contribution in [1.29, 1.82) is 0 Å². The quantitative estimate of drug-likeness (QED) is 0.582. The van der Waals surface area contributed by atoms with Crippen molar-refractivity contribution in [3.05, 3.63) is 48.0 Å². The van der Waals surface area contributed by atoms with E-state index in [4.69, 9.17) is 9.47 Å². The Morgan fingerprint density at radius 1 is 1.16 bits per heavy atom. The first-order chi connectivity index (χ1) is 15.1. The Hall–Kier alpha value is -2.11. The number of morpholine rings is 1. The van der Waals surface area contributed by atoms with Gasteiger partial charge in [0.2, 0.25) is 0 Å². The first kappa shape index (κ1) is 23.6. The second kappa shape index (κ2) is 11.5. The van der Waals surface area contributed by atoms with Crippen LogP contribution >= 0.6 is 0 Å². The van der Waals surface area contributed by atoms with E-state index in [1.54, 1.807) is 0 Å². The van der Waals surface area contributed by atoms with Crippen molar-refractivity contribution in [2.24, 2.45) is 5.92 Å². The van der Waals surface area contributed by atoms with Gasteiger partial charge >= 0.3 is 6.09 Å². The fraction of sp³-hybridized carbons (Fsp3) is 0.577. The standard InChI is InChI=1S/C26H38N2O3/c1-4-21(3)26(20-27-25(29)31-5-2,14-9-15-28-16-18-30-19-17-28)24-13-8-11-22-10-6-7-12-23(22)24/h6-8,10-13,21H,4-5,9,14-20H2,1-3H3,(H,27,29). The van der Waals surface area contributed by atoms with E-state index < -0.39 is 0 Å². The summed E-state index contributed by atoms with van der Waals surface area (Å²) in [5, 5.41) is 5.62. The predicted molar refractivity (Wildman–Crippen MR) is 127 cm³/mol. The summed E-state index contributed by atoms with van der Waals surface area (Å²) in [5.41, 5.74) is 1.17. The molecule has 1 N–H and O–H groups in total. The third-order valence-corrected chi connectivity index (χ3v) is 6.91. The van der Waals surface area contributed by atoms with Crippen LogP contribution in [0.2, 0.25) is 0 Å². The molecule has 170 valence electrons. The van der Waals surface area contributed by atoms with Crippen molar-refractivity contribution in [2.45, 2.75) is 45.4 Å². The van der Waals surface area contributed by atoms with Gasteiger partial charge < -0.3 is 14.8 Å². The summed E-state index contributed by atoms with van der Waals surface area (Å²) in [4.78, 5) is 14.8. The summed E-state index contributed by atoms with van der Waals surface area (Å²) in [6, 6.07) is 15.2. The third-order valence-electron chi connectivity index (χ3n) is 6.91. The van der Waals surface area contributed by atoms with Gasteiger partial charge in [0.05, 0.1) is 19.8 Å². The van der Waals surface area contributed by atoms with Gasteiger partial charge in [-0.2, -0.15) is 0 Å². The van der Waals surface area contributed by atoms with Crippen molar-refractivity contribution >= 4 is 16.9 Å². The molecule has 0 bridgehead atoms. The van der Waals surface area contributed by atoms with E-state index in [-0.39, 0.29) is 11.5 Å². The third kappa shape index (κ3) is 5.78. The largest absolute Gasteiger partial charge is 0.450 e. The molecule has 2 aromatic rings. The van der Waals surface area contributed by atoms with Crippen LogP contribution in [0.15, 0.2) is 42.5 Å². The first-order valence-electron chi connectivity index (χ1n) is 11.8. The van der Waals surface area contributed by atoms with Crippen LogP contribution in [0, 0.1) is 5.92 Å². The molecule has 0 spiro atoms. The summed E-state index contributed by atoms with van der Waals surface area (Å²) in [6.07, 6.45) is 2.81. The van der Waals surface area contributed by atoms with Crippen LogP contribution in [0.25, 0.3) is 10.8 Å². The van der Waals surface area contributed by atoms with E-state index in [9.17, 15) is 4.79 Å². The van der Waals surface area contributed by atoms with Crippen LogP contribution in [0.3, 0.4) is 0 Å². The van der Waals surface area contributed by atoms with Crippen LogP contribution < -0.4 is 5.32 Å². The lowest BCUT2D eigenvalue weighted by molar-refractivity contribution is 0.0358. The Morgan fingerprint density at radius 3 is 2.65 bits per heavy atom. The zero-order valence-electron chi connectivity index (χ0n) is 19.4. The number of rotatable bonds is 10. The maximum atomic E-state index is 12.3. The lowest BCUT2D eigenvalue weighted by Crippen LogP contribution is -2.46. The number of nitrogens with one attached hydrogen (secondary N) is 1. The Balaban J connectivity index is 1.93. The van der Waals surface area contributed by atoms with Gasteiger partial charge in [-0.1, -0.05) is 62.7 Å². The molecule has 2 unspecified atom stereocenters. The molecule has 1 heterocycles. The van der Waals surface area contributed by atoms with Crippen LogP contribution in [0.4, 0.5) is 4.79 Å². The summed E-state index contributed by atoms with van der Waals surface area (Å²) >= 11 is 0. The van der Waals surface area contributed by atoms with Gasteiger partial charge in [-0.25, -0.2) is 4.79 Å². The molecular formula is C26H38N2O3. The van der Waals surface area contributed by atoms with E-state index in [0.717, 1.165) is 52.1 Å². The predicted octanol–water partition coefficient (Wildman–Crippen LogP) is 4.98. The number of amides is 1. The highest BCUT2D eigenvalue weighted by Gasteiger charge is 2.38. The molecule has 2 atom stereocenters. The number of hydrogen-bond donors (Lipinski definition) is 1. The van der Waals surface area contributed by atoms with Gasteiger partial charge in [-0.05, 0) is 48.6 Å². The second-order valence-electron chi connectivity index (χ2n) is 8.62. The molecule has 5 nitrogen and oxygen atoms in total. The van der Waals surface area contributed by atoms with E-state index in [0.29, 0.717) is 19.1 Å². The van der Waals surface area contributed by atoms with Crippen molar-refractivity contribution in [2.75, 3.05) is 46.0 Å². The topological polar surface area (TPSA) is 50.8 Å². The molecule has 5 heteroatoms. The molecule has 1 aliphatic rings. The molecule has 1 aliphatic heterocycles. The fourth-order valence-corrected chi connectivity index (χ4v) is 4.91. The van der Waals surface area contributed by atoms with Crippen molar-refractivity contribution in [3.8, 4) is 0 Å². The molecule has 0 saturated carbocycles. The summed E-state index contributed by atoms with van der Waals surface area (Å²) in [5.74, 6) is 0.407. The maximum absolute atomic E-state index is 12.3. The Morgan fingerprint density at radius 2 is 1.90 bits per heavy atom. The second-order valence-corrected chi connectivity index (χ2v) is 8.62. The van der Waals surface area contributed by atoms with Crippen molar-refractivity contribution in [1.82, 2.24) is 10.2 Å². The monoisotopic (exact) mass is 426 g/mol. The van der Waals surface area contributed by atoms with Crippen molar-refractivity contribution in [3.63, 3.8) is 0 Å². The van der Waals surface area contributed by atoms with Gasteiger partial charge in [0, 0.05) is 25.0 Å². The van der Waals surface area contributed by atoms with E-state index in [1.165, 1.54) is 16.3 Å². The van der Waals surface area contributed by atoms with Crippen LogP contribution in [0.1, 0.15) is 45.6 Å².